The first-order valence-corrected chi connectivity index (χ1v) is 27.4. The van der Waals surface area contributed by atoms with E-state index in [1.54, 1.807) is 0 Å². The second-order valence-electron chi connectivity index (χ2n) is 19.3. The van der Waals surface area contributed by atoms with Crippen molar-refractivity contribution in [3.8, 4) is 0 Å². The summed E-state index contributed by atoms with van der Waals surface area (Å²) in [6, 6.07) is 0. The Bertz CT molecular complexity index is 918. The van der Waals surface area contributed by atoms with E-state index in [0.29, 0.717) is 19.3 Å². The highest BCUT2D eigenvalue weighted by Gasteiger charge is 2.19. The smallest absolute Gasteiger partial charge is 0.306 e. The van der Waals surface area contributed by atoms with E-state index in [9.17, 15) is 14.4 Å². The number of carbonyl (C=O) groups is 3. The van der Waals surface area contributed by atoms with Gasteiger partial charge in [-0.1, -0.05) is 272 Å². The molecule has 0 aliphatic heterocycles. The Labute approximate surface area is 380 Å². The lowest BCUT2D eigenvalue weighted by Crippen LogP contribution is -2.30. The second kappa shape index (κ2) is 49.4. The molecule has 61 heavy (non-hydrogen) atoms. The minimum atomic E-state index is -0.761. The van der Waals surface area contributed by atoms with Gasteiger partial charge >= 0.3 is 17.9 Å². The van der Waals surface area contributed by atoms with Gasteiger partial charge in [0.1, 0.15) is 13.2 Å². The lowest BCUT2D eigenvalue weighted by atomic mass is 10.0. The molecule has 0 fully saturated rings. The topological polar surface area (TPSA) is 78.9 Å². The summed E-state index contributed by atoms with van der Waals surface area (Å²) in [5, 5.41) is 0. The van der Waals surface area contributed by atoms with Gasteiger partial charge in [0.15, 0.2) is 6.10 Å². The van der Waals surface area contributed by atoms with E-state index in [0.717, 1.165) is 63.7 Å². The Kier molecular flexibility index (Phi) is 48.1. The molecule has 0 bridgehead atoms. The number of carbonyl (C=O) groups excluding carboxylic acids is 3. The van der Waals surface area contributed by atoms with Gasteiger partial charge in [0.2, 0.25) is 0 Å². The normalized spacial score (nSPS) is 12.0. The first-order valence-electron chi connectivity index (χ1n) is 27.4. The van der Waals surface area contributed by atoms with Gasteiger partial charge in [0.25, 0.3) is 0 Å². The van der Waals surface area contributed by atoms with Gasteiger partial charge < -0.3 is 14.2 Å². The number of unbranched alkanes of at least 4 members (excludes halogenated alkanes) is 37. The molecule has 0 amide bonds. The molecule has 0 aliphatic carbocycles. The summed E-state index contributed by atoms with van der Waals surface area (Å²) in [6.07, 6.45) is 52.5. The van der Waals surface area contributed by atoms with Crippen LogP contribution in [0.1, 0.15) is 310 Å². The quantitative estimate of drug-likeness (QED) is 0.0344. The van der Waals surface area contributed by atoms with Crippen LogP contribution < -0.4 is 0 Å². The van der Waals surface area contributed by atoms with Gasteiger partial charge in [-0.3, -0.25) is 14.4 Å². The molecule has 362 valence electrons. The Morgan fingerprint density at radius 2 is 0.541 bits per heavy atom. The molecule has 0 saturated heterocycles. The summed E-state index contributed by atoms with van der Waals surface area (Å²) in [7, 11) is 0. The van der Waals surface area contributed by atoms with Crippen LogP contribution in [0.3, 0.4) is 0 Å². The molecule has 0 unspecified atom stereocenters. The maximum atomic E-state index is 12.8. The summed E-state index contributed by atoms with van der Waals surface area (Å²) in [5.41, 5.74) is 0. The third kappa shape index (κ3) is 49.3. The molecule has 0 spiro atoms. The van der Waals surface area contributed by atoms with Gasteiger partial charge in [-0.2, -0.15) is 0 Å². The SMILES string of the molecule is CCCCCCCCCCCCCCCCCCCCCC(=O)OC[C@@H](COC(=O)CCCCCCCCCC(C)C)OC(=O)CCCCCCCCCCCCCCCC. The molecule has 6 nitrogen and oxygen atoms in total. The molecule has 0 aliphatic rings. The molecule has 0 rings (SSSR count). The molecule has 0 aromatic heterocycles. The fourth-order valence-electron chi connectivity index (χ4n) is 8.39. The number of esters is 3. The lowest BCUT2D eigenvalue weighted by molar-refractivity contribution is -0.167. The zero-order chi connectivity index (χ0) is 44.5. The van der Waals surface area contributed by atoms with Crippen LogP contribution in [0, 0.1) is 5.92 Å². The largest absolute Gasteiger partial charge is 0.462 e. The highest BCUT2D eigenvalue weighted by Crippen LogP contribution is 2.17. The average Bonchev–Trinajstić information content (AvgIpc) is 3.24. The zero-order valence-electron chi connectivity index (χ0n) is 41.6. The van der Waals surface area contributed by atoms with Crippen molar-refractivity contribution in [2.45, 2.75) is 316 Å². The molecule has 0 aromatic rings. The number of ether oxygens (including phenoxy) is 3. The van der Waals surface area contributed by atoms with Gasteiger partial charge in [-0.15, -0.1) is 0 Å². The third-order valence-corrected chi connectivity index (χ3v) is 12.5. The standard InChI is InChI=1S/C55H106O6/c1-5-7-9-11-13-15-17-19-21-22-23-24-25-27-28-30-34-38-42-46-53(56)59-49-52(50-60-54(57)47-43-39-36-32-33-37-41-45-51(3)4)61-55(58)48-44-40-35-31-29-26-20-18-16-14-12-10-8-6-2/h51-52H,5-50H2,1-4H3/t52-/m0/s1. The number of hydrogen-bond donors (Lipinski definition) is 0. The van der Waals surface area contributed by atoms with Crippen LogP contribution in [0.15, 0.2) is 0 Å². The first kappa shape index (κ1) is 59.4. The van der Waals surface area contributed by atoms with Crippen molar-refractivity contribution in [1.82, 2.24) is 0 Å². The Morgan fingerprint density at radius 1 is 0.311 bits per heavy atom. The minimum absolute atomic E-state index is 0.0630. The van der Waals surface area contributed by atoms with Gasteiger partial charge in [0, 0.05) is 19.3 Å². The van der Waals surface area contributed by atoms with E-state index in [1.165, 1.54) is 205 Å². The fourth-order valence-corrected chi connectivity index (χ4v) is 8.39. The summed E-state index contributed by atoms with van der Waals surface area (Å²) >= 11 is 0. The van der Waals surface area contributed by atoms with Gasteiger partial charge in [0.05, 0.1) is 0 Å². The molecule has 0 aromatic carbocycles. The van der Waals surface area contributed by atoms with Crippen LogP contribution in [-0.2, 0) is 28.6 Å². The van der Waals surface area contributed by atoms with Crippen molar-refractivity contribution in [2.75, 3.05) is 13.2 Å². The monoisotopic (exact) mass is 863 g/mol. The average molecular weight is 863 g/mol. The lowest BCUT2D eigenvalue weighted by Gasteiger charge is -2.18. The molecule has 0 saturated carbocycles. The van der Waals surface area contributed by atoms with Crippen LogP contribution in [0.2, 0.25) is 0 Å². The molecule has 1 atom stereocenters. The van der Waals surface area contributed by atoms with Crippen molar-refractivity contribution in [1.29, 1.82) is 0 Å². The van der Waals surface area contributed by atoms with Crippen molar-refractivity contribution in [3.05, 3.63) is 0 Å². The van der Waals surface area contributed by atoms with Gasteiger partial charge in [-0.25, -0.2) is 0 Å². The molecule has 0 N–H and O–H groups in total. The predicted molar refractivity (Wildman–Crippen MR) is 261 cm³/mol. The van der Waals surface area contributed by atoms with E-state index in [1.807, 2.05) is 0 Å². The van der Waals surface area contributed by atoms with Crippen molar-refractivity contribution in [2.24, 2.45) is 5.92 Å². The Morgan fingerprint density at radius 3 is 0.803 bits per heavy atom. The van der Waals surface area contributed by atoms with E-state index in [4.69, 9.17) is 14.2 Å². The zero-order valence-corrected chi connectivity index (χ0v) is 41.6. The first-order chi connectivity index (χ1) is 29.9. The highest BCUT2D eigenvalue weighted by molar-refractivity contribution is 5.71. The summed E-state index contributed by atoms with van der Waals surface area (Å²) in [4.78, 5) is 38.0. The maximum absolute atomic E-state index is 12.8. The summed E-state index contributed by atoms with van der Waals surface area (Å²) in [6.45, 7) is 8.99. The van der Waals surface area contributed by atoms with E-state index in [2.05, 4.69) is 27.7 Å². The van der Waals surface area contributed by atoms with Crippen LogP contribution in [-0.4, -0.2) is 37.2 Å². The Balaban J connectivity index is 4.23. The molecule has 6 heteroatoms. The summed E-state index contributed by atoms with van der Waals surface area (Å²) in [5.74, 6) is -0.0626. The molecular weight excluding hydrogens is 757 g/mol. The van der Waals surface area contributed by atoms with E-state index >= 15 is 0 Å². The fraction of sp³-hybridized carbons (Fsp3) is 0.945. The van der Waals surface area contributed by atoms with E-state index < -0.39 is 6.10 Å². The van der Waals surface area contributed by atoms with Crippen LogP contribution in [0.25, 0.3) is 0 Å². The minimum Gasteiger partial charge on any atom is -0.462 e. The van der Waals surface area contributed by atoms with Gasteiger partial charge in [-0.05, 0) is 25.2 Å². The highest BCUT2D eigenvalue weighted by atomic mass is 16.6. The molecular formula is C55H106O6. The van der Waals surface area contributed by atoms with Crippen molar-refractivity contribution < 1.29 is 28.6 Å². The number of rotatable bonds is 50. The molecule has 0 heterocycles. The van der Waals surface area contributed by atoms with Crippen LogP contribution in [0.5, 0.6) is 0 Å². The summed E-state index contributed by atoms with van der Waals surface area (Å²) < 4.78 is 16.8. The molecule has 0 radical (unpaired) electrons. The van der Waals surface area contributed by atoms with Crippen LogP contribution in [0.4, 0.5) is 0 Å². The van der Waals surface area contributed by atoms with E-state index in [-0.39, 0.29) is 31.1 Å². The third-order valence-electron chi connectivity index (χ3n) is 12.5. The van der Waals surface area contributed by atoms with Crippen molar-refractivity contribution >= 4 is 17.9 Å². The number of hydrogen-bond acceptors (Lipinski definition) is 6. The predicted octanol–water partition coefficient (Wildman–Crippen LogP) is 17.8. The Hall–Kier alpha value is -1.59. The second-order valence-corrected chi connectivity index (χ2v) is 19.3. The van der Waals surface area contributed by atoms with Crippen molar-refractivity contribution in [3.63, 3.8) is 0 Å². The maximum Gasteiger partial charge on any atom is 0.306 e. The van der Waals surface area contributed by atoms with Crippen LogP contribution >= 0.6 is 0 Å².